The largest absolute Gasteiger partial charge is 0.103 e. The average Bonchev–Trinajstić information content (AvgIpc) is 1.67. The van der Waals surface area contributed by atoms with E-state index in [1.165, 1.54) is 12.8 Å². The highest BCUT2D eigenvalue weighted by Gasteiger charge is 2.09. The van der Waals surface area contributed by atoms with E-state index in [1.54, 1.807) is 0 Å². The van der Waals surface area contributed by atoms with Crippen molar-refractivity contribution in [2.24, 2.45) is 5.41 Å². The van der Waals surface area contributed by atoms with Crippen LogP contribution in [0, 0.1) is 5.41 Å². The van der Waals surface area contributed by atoms with E-state index in [4.69, 9.17) is 0 Å². The van der Waals surface area contributed by atoms with E-state index >= 15 is 0 Å². The summed E-state index contributed by atoms with van der Waals surface area (Å²) >= 11 is 0. The summed E-state index contributed by atoms with van der Waals surface area (Å²) < 4.78 is 0. The Kier molecular flexibility index (Phi) is 2.81. The van der Waals surface area contributed by atoms with Gasteiger partial charge in [0.05, 0.1) is 0 Å². The predicted molar refractivity (Wildman–Crippen MR) is 38.9 cm³/mol. The van der Waals surface area contributed by atoms with Crippen LogP contribution in [-0.2, 0) is 0 Å². The molecule has 0 heteroatoms. The fourth-order valence-corrected chi connectivity index (χ4v) is 0.746. The van der Waals surface area contributed by atoms with Crippen LogP contribution in [0.4, 0.5) is 0 Å². The molecule has 0 amide bonds. The molecule has 0 bridgehead atoms. The topological polar surface area (TPSA) is 0 Å². The van der Waals surface area contributed by atoms with Gasteiger partial charge in [0.15, 0.2) is 0 Å². The predicted octanol–water partition coefficient (Wildman–Crippen LogP) is 3.00. The molecule has 0 atom stereocenters. The molecule has 0 aromatic rings. The highest BCUT2D eigenvalue weighted by atomic mass is 14.1. The Labute approximate surface area is 52.6 Å². The van der Waals surface area contributed by atoms with E-state index in [0.29, 0.717) is 5.41 Å². The minimum absolute atomic E-state index is 0.356. The molecule has 0 saturated carbocycles. The van der Waals surface area contributed by atoms with Gasteiger partial charge in [-0.1, -0.05) is 33.3 Å². The summed E-state index contributed by atoms with van der Waals surface area (Å²) in [6.45, 7) is 10.4. The smallest absolute Gasteiger partial charge is 0.0178 e. The van der Waals surface area contributed by atoms with Gasteiger partial charge in [-0.15, -0.1) is 6.58 Å². The molecule has 0 N–H and O–H groups in total. The van der Waals surface area contributed by atoms with Crippen molar-refractivity contribution >= 4 is 0 Å². The van der Waals surface area contributed by atoms with Crippen LogP contribution >= 0.6 is 0 Å². The Hall–Kier alpha value is -0.260. The maximum atomic E-state index is 3.75. The maximum Gasteiger partial charge on any atom is -0.0178 e. The maximum absolute atomic E-state index is 3.75. The lowest BCUT2D eigenvalue weighted by molar-refractivity contribution is 0.433. The van der Waals surface area contributed by atoms with Crippen LogP contribution < -0.4 is 0 Å². The standard InChI is InChI=1S/C8H16/c1-5-7-8(3,4)6-2/h6H,2,5,7H2,1,3-4H3. The quantitative estimate of drug-likeness (QED) is 0.492. The molecular formula is C8H16. The highest BCUT2D eigenvalue weighted by molar-refractivity contribution is 4.86. The Bertz CT molecular complexity index is 70.1. The van der Waals surface area contributed by atoms with E-state index < -0.39 is 0 Å². The summed E-state index contributed by atoms with van der Waals surface area (Å²) in [5.74, 6) is 0. The van der Waals surface area contributed by atoms with Gasteiger partial charge < -0.3 is 0 Å². The van der Waals surface area contributed by atoms with Crippen molar-refractivity contribution in [3.05, 3.63) is 12.7 Å². The SMILES string of the molecule is C=CC(C)(C)CCC. The number of rotatable bonds is 3. The first kappa shape index (κ1) is 7.74. The van der Waals surface area contributed by atoms with Gasteiger partial charge in [-0.3, -0.25) is 0 Å². The van der Waals surface area contributed by atoms with E-state index in [9.17, 15) is 0 Å². The van der Waals surface area contributed by atoms with Crippen LogP contribution in [0.5, 0.6) is 0 Å². The molecule has 0 heterocycles. The Morgan fingerprint density at radius 1 is 1.50 bits per heavy atom. The van der Waals surface area contributed by atoms with Crippen LogP contribution in [0.15, 0.2) is 12.7 Å². The van der Waals surface area contributed by atoms with Gasteiger partial charge in [0, 0.05) is 0 Å². The molecule has 0 aliphatic rings. The van der Waals surface area contributed by atoms with Crippen molar-refractivity contribution in [3.8, 4) is 0 Å². The summed E-state index contributed by atoms with van der Waals surface area (Å²) in [7, 11) is 0. The minimum Gasteiger partial charge on any atom is -0.103 e. The van der Waals surface area contributed by atoms with Gasteiger partial charge in [-0.25, -0.2) is 0 Å². The zero-order chi connectivity index (χ0) is 6.62. The first-order valence-electron chi connectivity index (χ1n) is 3.26. The first-order valence-corrected chi connectivity index (χ1v) is 3.26. The van der Waals surface area contributed by atoms with Crippen LogP contribution in [0.2, 0.25) is 0 Å². The second-order valence-electron chi connectivity index (χ2n) is 2.94. The van der Waals surface area contributed by atoms with Crippen molar-refractivity contribution in [3.63, 3.8) is 0 Å². The van der Waals surface area contributed by atoms with Crippen LogP contribution in [0.3, 0.4) is 0 Å². The van der Waals surface area contributed by atoms with E-state index in [-0.39, 0.29) is 0 Å². The lowest BCUT2D eigenvalue weighted by atomic mass is 9.89. The number of hydrogen-bond donors (Lipinski definition) is 0. The minimum atomic E-state index is 0.356. The Morgan fingerprint density at radius 2 is 2.00 bits per heavy atom. The number of hydrogen-bond acceptors (Lipinski definition) is 0. The molecule has 0 aromatic carbocycles. The van der Waals surface area contributed by atoms with Gasteiger partial charge in [-0.05, 0) is 11.8 Å². The second kappa shape index (κ2) is 2.91. The third kappa shape index (κ3) is 2.84. The van der Waals surface area contributed by atoms with E-state index in [0.717, 1.165) is 0 Å². The number of allylic oxidation sites excluding steroid dienone is 1. The van der Waals surface area contributed by atoms with Crippen LogP contribution in [-0.4, -0.2) is 0 Å². The van der Waals surface area contributed by atoms with Gasteiger partial charge in [0.1, 0.15) is 0 Å². The zero-order valence-electron chi connectivity index (χ0n) is 6.20. The molecule has 0 radical (unpaired) electrons. The summed E-state index contributed by atoms with van der Waals surface area (Å²) in [5.41, 5.74) is 0.356. The van der Waals surface area contributed by atoms with Crippen molar-refractivity contribution in [2.75, 3.05) is 0 Å². The summed E-state index contributed by atoms with van der Waals surface area (Å²) in [6.07, 6.45) is 4.52. The molecule has 0 saturated heterocycles. The Morgan fingerprint density at radius 3 is 2.12 bits per heavy atom. The third-order valence-corrected chi connectivity index (χ3v) is 1.45. The van der Waals surface area contributed by atoms with Crippen molar-refractivity contribution in [1.82, 2.24) is 0 Å². The molecule has 0 unspecified atom stereocenters. The monoisotopic (exact) mass is 112 g/mol. The molecular weight excluding hydrogens is 96.1 g/mol. The molecule has 0 spiro atoms. The molecule has 48 valence electrons. The van der Waals surface area contributed by atoms with Gasteiger partial charge in [-0.2, -0.15) is 0 Å². The Balaban J connectivity index is 3.53. The second-order valence-corrected chi connectivity index (χ2v) is 2.94. The molecule has 0 rings (SSSR count). The van der Waals surface area contributed by atoms with Crippen molar-refractivity contribution in [1.29, 1.82) is 0 Å². The van der Waals surface area contributed by atoms with Crippen LogP contribution in [0.1, 0.15) is 33.6 Å². The molecule has 0 aliphatic heterocycles. The molecule has 0 fully saturated rings. The lowest BCUT2D eigenvalue weighted by Gasteiger charge is -2.17. The summed E-state index contributed by atoms with van der Waals surface area (Å²) in [5, 5.41) is 0. The summed E-state index contributed by atoms with van der Waals surface area (Å²) in [4.78, 5) is 0. The molecule has 0 nitrogen and oxygen atoms in total. The van der Waals surface area contributed by atoms with E-state index in [1.807, 2.05) is 6.08 Å². The van der Waals surface area contributed by atoms with Gasteiger partial charge in [0.2, 0.25) is 0 Å². The van der Waals surface area contributed by atoms with Crippen molar-refractivity contribution < 1.29 is 0 Å². The van der Waals surface area contributed by atoms with Gasteiger partial charge in [0.25, 0.3) is 0 Å². The third-order valence-electron chi connectivity index (χ3n) is 1.45. The fraction of sp³-hybridized carbons (Fsp3) is 0.750. The first-order chi connectivity index (χ1) is 3.62. The van der Waals surface area contributed by atoms with Crippen molar-refractivity contribution in [2.45, 2.75) is 33.6 Å². The average molecular weight is 112 g/mol. The van der Waals surface area contributed by atoms with E-state index in [2.05, 4.69) is 27.4 Å². The van der Waals surface area contributed by atoms with Crippen LogP contribution in [0.25, 0.3) is 0 Å². The lowest BCUT2D eigenvalue weighted by Crippen LogP contribution is -2.04. The molecule has 0 aromatic heterocycles. The van der Waals surface area contributed by atoms with Gasteiger partial charge >= 0.3 is 0 Å². The normalized spacial score (nSPS) is 11.4. The molecule has 8 heavy (non-hydrogen) atoms. The highest BCUT2D eigenvalue weighted by Crippen LogP contribution is 2.22. The zero-order valence-corrected chi connectivity index (χ0v) is 6.20. The summed E-state index contributed by atoms with van der Waals surface area (Å²) in [6, 6.07) is 0. The molecule has 0 aliphatic carbocycles. The fourth-order valence-electron chi connectivity index (χ4n) is 0.746.